The number of nitrogens with one attached hydrogen (secondary N) is 2. The van der Waals surface area contributed by atoms with Gasteiger partial charge < -0.3 is 20.8 Å². The normalized spacial score (nSPS) is 14.4. The maximum atomic E-state index is 11.0. The van der Waals surface area contributed by atoms with Crippen LogP contribution in [-0.2, 0) is 4.79 Å². The summed E-state index contributed by atoms with van der Waals surface area (Å²) in [5.41, 5.74) is 0. The molecule has 13 heavy (non-hydrogen) atoms. The van der Waals surface area contributed by atoms with Crippen LogP contribution in [0.4, 0.5) is 4.79 Å². The van der Waals surface area contributed by atoms with Crippen molar-refractivity contribution in [1.82, 2.24) is 10.6 Å². The molecule has 0 aromatic carbocycles. The number of hydrogen-bond donors (Lipinski definition) is 4. The van der Waals surface area contributed by atoms with E-state index in [2.05, 4.69) is 5.32 Å². The topological polar surface area (TPSA) is 98.7 Å². The van der Waals surface area contributed by atoms with Crippen molar-refractivity contribution in [2.45, 2.75) is 26.0 Å². The molecule has 2 amide bonds. The van der Waals surface area contributed by atoms with Gasteiger partial charge >= 0.3 is 6.09 Å². The van der Waals surface area contributed by atoms with Gasteiger partial charge in [-0.25, -0.2) is 4.79 Å². The lowest BCUT2D eigenvalue weighted by Gasteiger charge is -2.12. The Hall–Kier alpha value is -1.30. The summed E-state index contributed by atoms with van der Waals surface area (Å²) in [6.45, 7) is 3.06. The highest BCUT2D eigenvalue weighted by molar-refractivity contribution is 5.84. The number of carbonyl (C=O) groups excluding carboxylic acids is 1. The summed E-state index contributed by atoms with van der Waals surface area (Å²) in [6.07, 6.45) is -1.89. The number of hydrogen-bond acceptors (Lipinski definition) is 3. The highest BCUT2D eigenvalue weighted by Crippen LogP contribution is 1.83. The van der Waals surface area contributed by atoms with Crippen LogP contribution >= 0.6 is 0 Å². The number of carboxylic acid groups (broad SMARTS) is 1. The molecule has 0 spiro atoms. The molecule has 0 heterocycles. The van der Waals surface area contributed by atoms with E-state index < -0.39 is 24.1 Å². The van der Waals surface area contributed by atoms with Crippen LogP contribution in [0.5, 0.6) is 0 Å². The van der Waals surface area contributed by atoms with E-state index >= 15 is 0 Å². The molecule has 1 unspecified atom stereocenters. The molecule has 4 N–H and O–H groups in total. The summed E-state index contributed by atoms with van der Waals surface area (Å²) in [4.78, 5) is 21.1. The molecule has 6 nitrogen and oxygen atoms in total. The largest absolute Gasteiger partial charge is 0.465 e. The third-order valence-electron chi connectivity index (χ3n) is 1.30. The summed E-state index contributed by atoms with van der Waals surface area (Å²) in [6, 6.07) is -0.809. The SMILES string of the molecule is CC(O)CNC(=O)[C@H](C)NC(=O)O. The standard InChI is InChI=1S/C7H14N2O4/c1-4(10)3-8-6(11)5(2)9-7(12)13/h4-5,9-10H,3H2,1-2H3,(H,8,11)(H,12,13)/t4?,5-/m0/s1. The number of aliphatic hydroxyl groups is 1. The predicted octanol–water partition coefficient (Wildman–Crippen LogP) is -0.860. The highest BCUT2D eigenvalue weighted by atomic mass is 16.4. The molecule has 0 radical (unpaired) electrons. The summed E-state index contributed by atoms with van der Waals surface area (Å²) in [7, 11) is 0. The Morgan fingerprint density at radius 3 is 2.31 bits per heavy atom. The van der Waals surface area contributed by atoms with E-state index in [1.807, 2.05) is 5.32 Å². The van der Waals surface area contributed by atoms with E-state index in [1.165, 1.54) is 13.8 Å². The fourth-order valence-electron chi connectivity index (χ4n) is 0.652. The maximum Gasteiger partial charge on any atom is 0.405 e. The van der Waals surface area contributed by atoms with Crippen molar-refractivity contribution in [2.75, 3.05) is 6.54 Å². The minimum absolute atomic E-state index is 0.116. The van der Waals surface area contributed by atoms with Crippen molar-refractivity contribution >= 4 is 12.0 Å². The molecule has 2 atom stereocenters. The first-order valence-electron chi connectivity index (χ1n) is 3.88. The Kier molecular flexibility index (Phi) is 4.83. The van der Waals surface area contributed by atoms with Crippen LogP contribution in [0.1, 0.15) is 13.8 Å². The van der Waals surface area contributed by atoms with E-state index in [-0.39, 0.29) is 6.54 Å². The molecule has 0 saturated heterocycles. The van der Waals surface area contributed by atoms with Crippen LogP contribution in [-0.4, -0.2) is 40.9 Å². The van der Waals surface area contributed by atoms with Gasteiger partial charge in [0.25, 0.3) is 0 Å². The summed E-state index contributed by atoms with van der Waals surface area (Å²) < 4.78 is 0. The van der Waals surface area contributed by atoms with Gasteiger partial charge in [-0.05, 0) is 13.8 Å². The van der Waals surface area contributed by atoms with Crippen molar-refractivity contribution < 1.29 is 19.8 Å². The van der Waals surface area contributed by atoms with Crippen molar-refractivity contribution in [2.24, 2.45) is 0 Å². The smallest absolute Gasteiger partial charge is 0.405 e. The Labute approximate surface area is 75.9 Å². The molecule has 0 aromatic rings. The molecular weight excluding hydrogens is 176 g/mol. The first-order chi connectivity index (χ1) is 5.93. The fourth-order valence-corrected chi connectivity index (χ4v) is 0.652. The average molecular weight is 190 g/mol. The second kappa shape index (κ2) is 5.36. The Morgan fingerprint density at radius 1 is 1.38 bits per heavy atom. The van der Waals surface area contributed by atoms with E-state index in [0.717, 1.165) is 0 Å². The molecule has 0 aliphatic heterocycles. The van der Waals surface area contributed by atoms with E-state index in [1.54, 1.807) is 0 Å². The van der Waals surface area contributed by atoms with Crippen molar-refractivity contribution in [3.63, 3.8) is 0 Å². The summed E-state index contributed by atoms with van der Waals surface area (Å²) in [5, 5.41) is 21.4. The molecule has 0 saturated carbocycles. The van der Waals surface area contributed by atoms with Crippen molar-refractivity contribution in [3.05, 3.63) is 0 Å². The molecule has 76 valence electrons. The molecule has 0 aliphatic rings. The highest BCUT2D eigenvalue weighted by Gasteiger charge is 2.14. The molecule has 0 fully saturated rings. The van der Waals surface area contributed by atoms with Crippen molar-refractivity contribution in [1.29, 1.82) is 0 Å². The monoisotopic (exact) mass is 190 g/mol. The van der Waals surface area contributed by atoms with Gasteiger partial charge in [0.05, 0.1) is 6.10 Å². The average Bonchev–Trinajstić information content (AvgIpc) is 1.98. The van der Waals surface area contributed by atoms with E-state index in [0.29, 0.717) is 0 Å². The Balaban J connectivity index is 3.76. The molecule has 0 aromatic heterocycles. The first-order valence-corrected chi connectivity index (χ1v) is 3.88. The van der Waals surface area contributed by atoms with Crippen molar-refractivity contribution in [3.8, 4) is 0 Å². The van der Waals surface area contributed by atoms with Crippen LogP contribution in [0.3, 0.4) is 0 Å². The molecule has 0 rings (SSSR count). The van der Waals surface area contributed by atoms with Crippen LogP contribution in [0.2, 0.25) is 0 Å². The molecule has 6 heteroatoms. The van der Waals surface area contributed by atoms with Gasteiger partial charge in [-0.1, -0.05) is 0 Å². The minimum Gasteiger partial charge on any atom is -0.465 e. The maximum absolute atomic E-state index is 11.0. The quantitative estimate of drug-likeness (QED) is 0.463. The van der Waals surface area contributed by atoms with Crippen LogP contribution < -0.4 is 10.6 Å². The van der Waals surface area contributed by atoms with Gasteiger partial charge in [0, 0.05) is 6.54 Å². The van der Waals surface area contributed by atoms with Gasteiger partial charge in [0.15, 0.2) is 0 Å². The second-order valence-corrected chi connectivity index (χ2v) is 2.77. The van der Waals surface area contributed by atoms with E-state index in [4.69, 9.17) is 10.2 Å². The number of carbonyl (C=O) groups is 2. The number of aliphatic hydroxyl groups excluding tert-OH is 1. The molecule has 0 aliphatic carbocycles. The molecular formula is C7H14N2O4. The minimum atomic E-state index is -1.25. The van der Waals surface area contributed by atoms with Gasteiger partial charge in [0.2, 0.25) is 5.91 Å². The zero-order valence-electron chi connectivity index (χ0n) is 7.57. The fraction of sp³-hybridized carbons (Fsp3) is 0.714. The molecule has 0 bridgehead atoms. The number of rotatable bonds is 4. The third kappa shape index (κ3) is 5.92. The second-order valence-electron chi connectivity index (χ2n) is 2.77. The zero-order valence-corrected chi connectivity index (χ0v) is 7.57. The van der Waals surface area contributed by atoms with Crippen LogP contribution in [0.25, 0.3) is 0 Å². The first kappa shape index (κ1) is 11.7. The van der Waals surface area contributed by atoms with Gasteiger partial charge in [-0.2, -0.15) is 0 Å². The van der Waals surface area contributed by atoms with Gasteiger partial charge in [-0.3, -0.25) is 4.79 Å². The van der Waals surface area contributed by atoms with Gasteiger partial charge in [0.1, 0.15) is 6.04 Å². The van der Waals surface area contributed by atoms with E-state index in [9.17, 15) is 9.59 Å². The summed E-state index contributed by atoms with van der Waals surface area (Å²) >= 11 is 0. The van der Waals surface area contributed by atoms with Gasteiger partial charge in [-0.15, -0.1) is 0 Å². The lowest BCUT2D eigenvalue weighted by atomic mass is 10.3. The Bertz CT molecular complexity index is 193. The number of amides is 2. The third-order valence-corrected chi connectivity index (χ3v) is 1.30. The Morgan fingerprint density at radius 2 is 1.92 bits per heavy atom. The predicted molar refractivity (Wildman–Crippen MR) is 45.3 cm³/mol. The van der Waals surface area contributed by atoms with Crippen LogP contribution in [0, 0.1) is 0 Å². The lowest BCUT2D eigenvalue weighted by Crippen LogP contribution is -2.45. The lowest BCUT2D eigenvalue weighted by molar-refractivity contribution is -0.123. The zero-order chi connectivity index (χ0) is 10.4. The summed E-state index contributed by atoms with van der Waals surface area (Å²) in [5.74, 6) is -0.455. The van der Waals surface area contributed by atoms with Crippen LogP contribution in [0.15, 0.2) is 0 Å².